The maximum atomic E-state index is 13.1. The van der Waals surface area contributed by atoms with Gasteiger partial charge in [-0.2, -0.15) is 0 Å². The number of para-hydroxylation sites is 1. The van der Waals surface area contributed by atoms with Crippen LogP contribution in [0, 0.1) is 0 Å². The van der Waals surface area contributed by atoms with Gasteiger partial charge >= 0.3 is 0 Å². The topological polar surface area (TPSA) is 51.1 Å². The van der Waals surface area contributed by atoms with Gasteiger partial charge in [0.15, 0.2) is 0 Å². The van der Waals surface area contributed by atoms with Crippen molar-refractivity contribution in [3.8, 4) is 5.69 Å². The second-order valence-electron chi connectivity index (χ2n) is 5.31. The van der Waals surface area contributed by atoms with E-state index < -0.39 is 0 Å². The van der Waals surface area contributed by atoms with Crippen molar-refractivity contribution in [3.05, 3.63) is 76.2 Å². The van der Waals surface area contributed by atoms with Crippen LogP contribution in [0.3, 0.4) is 0 Å². The summed E-state index contributed by atoms with van der Waals surface area (Å²) in [6.07, 6.45) is 0.726. The molecule has 0 unspecified atom stereocenters. The number of aryl methyl sites for hydroxylation is 1. The first kappa shape index (κ1) is 15.0. The molecule has 1 heterocycles. The number of hydrogen-bond donors (Lipinski definition) is 1. The predicted molar refractivity (Wildman–Crippen MR) is 92.3 cm³/mol. The second-order valence-corrected chi connectivity index (χ2v) is 5.31. The lowest BCUT2D eigenvalue weighted by Crippen LogP contribution is -2.26. The minimum Gasteiger partial charge on any atom is -0.355 e. The number of nitrogens with one attached hydrogen (secondary N) is 1. The number of pyridine rings is 1. The van der Waals surface area contributed by atoms with E-state index in [2.05, 4.69) is 5.32 Å². The summed E-state index contributed by atoms with van der Waals surface area (Å²) in [5.74, 6) is -0.253. The van der Waals surface area contributed by atoms with Crippen LogP contribution in [0.1, 0.15) is 23.0 Å². The van der Waals surface area contributed by atoms with Gasteiger partial charge in [0.25, 0.3) is 11.5 Å². The smallest absolute Gasteiger partial charge is 0.263 e. The first-order valence-electron chi connectivity index (χ1n) is 7.62. The molecule has 3 aromatic rings. The van der Waals surface area contributed by atoms with Gasteiger partial charge in [-0.05, 0) is 36.1 Å². The second kappa shape index (κ2) is 6.08. The highest BCUT2D eigenvalue weighted by Gasteiger charge is 2.16. The number of hydrogen-bond acceptors (Lipinski definition) is 2. The zero-order chi connectivity index (χ0) is 16.4. The summed E-state index contributed by atoms with van der Waals surface area (Å²) in [5, 5.41) is 3.84. The molecule has 0 spiro atoms. The Morgan fingerprint density at radius 1 is 1.09 bits per heavy atom. The largest absolute Gasteiger partial charge is 0.355 e. The highest BCUT2D eigenvalue weighted by Crippen LogP contribution is 2.19. The van der Waals surface area contributed by atoms with E-state index in [0.29, 0.717) is 10.9 Å². The van der Waals surface area contributed by atoms with Crippen molar-refractivity contribution < 1.29 is 4.79 Å². The van der Waals surface area contributed by atoms with Crippen LogP contribution < -0.4 is 10.9 Å². The van der Waals surface area contributed by atoms with Gasteiger partial charge in [-0.25, -0.2) is 0 Å². The van der Waals surface area contributed by atoms with E-state index in [1.807, 2.05) is 49.4 Å². The molecule has 0 aliphatic rings. The van der Waals surface area contributed by atoms with Gasteiger partial charge in [-0.1, -0.05) is 37.3 Å². The Labute approximate surface area is 134 Å². The average Bonchev–Trinajstić information content (AvgIpc) is 2.60. The zero-order valence-electron chi connectivity index (χ0n) is 13.2. The normalized spacial score (nSPS) is 10.7. The Kier molecular flexibility index (Phi) is 3.98. The molecule has 116 valence electrons. The number of rotatable bonds is 3. The number of benzene rings is 2. The molecule has 0 fully saturated rings. The zero-order valence-corrected chi connectivity index (χ0v) is 13.2. The Morgan fingerprint density at radius 2 is 1.83 bits per heavy atom. The molecule has 4 nitrogen and oxygen atoms in total. The maximum Gasteiger partial charge on any atom is 0.263 e. The maximum absolute atomic E-state index is 13.1. The van der Waals surface area contributed by atoms with Crippen LogP contribution in [0.5, 0.6) is 0 Å². The molecule has 0 aliphatic carbocycles. The summed E-state index contributed by atoms with van der Waals surface area (Å²) < 4.78 is 1.69. The monoisotopic (exact) mass is 306 g/mol. The molecule has 0 radical (unpaired) electrons. The number of aromatic nitrogens is 1. The summed E-state index contributed by atoms with van der Waals surface area (Å²) >= 11 is 0. The lowest BCUT2D eigenvalue weighted by molar-refractivity contribution is 0.0964. The van der Waals surface area contributed by atoms with Gasteiger partial charge in [0.1, 0.15) is 0 Å². The van der Waals surface area contributed by atoms with E-state index in [1.165, 1.54) is 0 Å². The van der Waals surface area contributed by atoms with Crippen LogP contribution >= 0.6 is 0 Å². The molecular weight excluding hydrogens is 288 g/mol. The first-order chi connectivity index (χ1) is 11.2. The molecule has 4 heteroatoms. The molecule has 23 heavy (non-hydrogen) atoms. The van der Waals surface area contributed by atoms with Gasteiger partial charge in [-0.15, -0.1) is 0 Å². The summed E-state index contributed by atoms with van der Waals surface area (Å²) in [4.78, 5) is 25.3. The Bertz CT molecular complexity index is 927. The lowest BCUT2D eigenvalue weighted by Gasteiger charge is -2.15. The molecule has 2 aromatic carbocycles. The number of fused-ring (bicyclic) bond motifs is 1. The van der Waals surface area contributed by atoms with Crippen molar-refractivity contribution >= 4 is 16.7 Å². The van der Waals surface area contributed by atoms with Crippen molar-refractivity contribution in [1.82, 2.24) is 9.88 Å². The first-order valence-corrected chi connectivity index (χ1v) is 7.62. The third kappa shape index (κ3) is 2.52. The van der Waals surface area contributed by atoms with Crippen molar-refractivity contribution in [1.29, 1.82) is 0 Å². The highest BCUT2D eigenvalue weighted by atomic mass is 16.2. The third-order valence-corrected chi connectivity index (χ3v) is 3.97. The molecule has 0 saturated carbocycles. The predicted octanol–water partition coefficient (Wildman–Crippen LogP) is 2.91. The van der Waals surface area contributed by atoms with Crippen molar-refractivity contribution in [2.75, 3.05) is 7.05 Å². The van der Waals surface area contributed by atoms with Crippen LogP contribution in [0.15, 0.2) is 59.4 Å². The fourth-order valence-corrected chi connectivity index (χ4v) is 2.86. The summed E-state index contributed by atoms with van der Waals surface area (Å²) in [7, 11) is 1.57. The fraction of sp³-hybridized carbons (Fsp3) is 0.158. The SMILES string of the molecule is CCc1cc2cccc(C(=O)NC)c2c(=O)n1-c1ccccc1. The number of nitrogens with zero attached hydrogens (tertiary/aromatic N) is 1. The van der Waals surface area contributed by atoms with E-state index in [9.17, 15) is 9.59 Å². The number of carbonyl (C=O) groups excluding carboxylic acids is 1. The molecule has 1 aromatic heterocycles. The minimum atomic E-state index is -0.253. The molecule has 0 aliphatic heterocycles. The minimum absolute atomic E-state index is 0.162. The van der Waals surface area contributed by atoms with Crippen LogP contribution in [-0.4, -0.2) is 17.5 Å². The van der Waals surface area contributed by atoms with Gasteiger partial charge in [0.2, 0.25) is 0 Å². The fourth-order valence-electron chi connectivity index (χ4n) is 2.86. The van der Waals surface area contributed by atoms with E-state index in [-0.39, 0.29) is 11.5 Å². The van der Waals surface area contributed by atoms with Gasteiger partial charge in [-0.3, -0.25) is 14.2 Å². The molecule has 0 saturated heterocycles. The summed E-state index contributed by atoms with van der Waals surface area (Å²) in [6.45, 7) is 2.02. The van der Waals surface area contributed by atoms with Crippen molar-refractivity contribution in [2.24, 2.45) is 0 Å². The van der Waals surface area contributed by atoms with Crippen LogP contribution in [0.2, 0.25) is 0 Å². The number of amides is 1. The van der Waals surface area contributed by atoms with Gasteiger partial charge in [0.05, 0.1) is 10.9 Å². The van der Waals surface area contributed by atoms with Crippen molar-refractivity contribution in [2.45, 2.75) is 13.3 Å². The van der Waals surface area contributed by atoms with E-state index in [1.54, 1.807) is 23.7 Å². The highest BCUT2D eigenvalue weighted by molar-refractivity contribution is 6.06. The lowest BCUT2D eigenvalue weighted by atomic mass is 10.0. The van der Waals surface area contributed by atoms with Crippen LogP contribution in [0.4, 0.5) is 0 Å². The van der Waals surface area contributed by atoms with Gasteiger partial charge < -0.3 is 5.32 Å². The van der Waals surface area contributed by atoms with Crippen molar-refractivity contribution in [3.63, 3.8) is 0 Å². The van der Waals surface area contributed by atoms with Crippen LogP contribution in [-0.2, 0) is 6.42 Å². The Balaban J connectivity index is 2.43. The summed E-state index contributed by atoms with van der Waals surface area (Å²) in [5.41, 5.74) is 1.97. The quantitative estimate of drug-likeness (QED) is 0.809. The number of carbonyl (C=O) groups is 1. The molecular formula is C19H18N2O2. The van der Waals surface area contributed by atoms with E-state index in [0.717, 1.165) is 23.2 Å². The van der Waals surface area contributed by atoms with Gasteiger partial charge in [0, 0.05) is 18.4 Å². The average molecular weight is 306 g/mol. The Hall–Kier alpha value is -2.88. The Morgan fingerprint density at radius 3 is 2.48 bits per heavy atom. The standard InChI is InChI=1S/C19H18N2O2/c1-3-14-12-13-8-7-11-16(18(22)20-2)17(13)19(23)21(14)15-9-5-4-6-10-15/h4-12H,3H2,1-2H3,(H,20,22). The third-order valence-electron chi connectivity index (χ3n) is 3.97. The molecule has 1 amide bonds. The van der Waals surface area contributed by atoms with E-state index >= 15 is 0 Å². The molecule has 3 rings (SSSR count). The van der Waals surface area contributed by atoms with Crippen LogP contribution in [0.25, 0.3) is 16.5 Å². The molecule has 0 atom stereocenters. The summed E-state index contributed by atoms with van der Waals surface area (Å²) in [6, 6.07) is 16.9. The van der Waals surface area contributed by atoms with E-state index in [4.69, 9.17) is 0 Å². The molecule has 1 N–H and O–H groups in total. The molecule has 0 bridgehead atoms.